The van der Waals surface area contributed by atoms with Gasteiger partial charge in [0.2, 0.25) is 0 Å². The van der Waals surface area contributed by atoms with Crippen LogP contribution in [0.15, 0.2) is 22.9 Å². The van der Waals surface area contributed by atoms with E-state index in [2.05, 4.69) is 27.8 Å². The van der Waals surface area contributed by atoms with Crippen molar-refractivity contribution in [1.82, 2.24) is 9.88 Å². The molecular formula is C14H19BrN2O2. The van der Waals surface area contributed by atoms with Gasteiger partial charge in [-0.3, -0.25) is 4.79 Å². The molecule has 0 bridgehead atoms. The van der Waals surface area contributed by atoms with Gasteiger partial charge in [0.15, 0.2) is 0 Å². The lowest BCUT2D eigenvalue weighted by atomic mass is 10.1. The normalized spacial score (nSPS) is 19.5. The van der Waals surface area contributed by atoms with Gasteiger partial charge in [0.05, 0.1) is 11.7 Å². The Kier molecular flexibility index (Phi) is 5.34. The monoisotopic (exact) mass is 326 g/mol. The predicted octanol–water partition coefficient (Wildman–Crippen LogP) is 2.88. The minimum Gasteiger partial charge on any atom is -0.376 e. The highest BCUT2D eigenvalue weighted by atomic mass is 79.9. The van der Waals surface area contributed by atoms with Crippen molar-refractivity contribution in [2.24, 2.45) is 0 Å². The van der Waals surface area contributed by atoms with Gasteiger partial charge in [0.1, 0.15) is 4.60 Å². The summed E-state index contributed by atoms with van der Waals surface area (Å²) in [5.41, 5.74) is 0.638. The number of pyridine rings is 1. The average molecular weight is 327 g/mol. The molecule has 5 heteroatoms. The second kappa shape index (κ2) is 7.01. The van der Waals surface area contributed by atoms with E-state index in [1.165, 1.54) is 0 Å². The molecule has 0 radical (unpaired) electrons. The number of ether oxygens (including phenoxy) is 1. The van der Waals surface area contributed by atoms with Gasteiger partial charge in [0, 0.05) is 25.9 Å². The van der Waals surface area contributed by atoms with E-state index in [-0.39, 0.29) is 12.0 Å². The maximum absolute atomic E-state index is 12.3. The first kappa shape index (κ1) is 14.5. The molecule has 2 heterocycles. The van der Waals surface area contributed by atoms with Gasteiger partial charge in [-0.05, 0) is 47.3 Å². The van der Waals surface area contributed by atoms with Gasteiger partial charge >= 0.3 is 0 Å². The van der Waals surface area contributed by atoms with Gasteiger partial charge in [0.25, 0.3) is 5.91 Å². The molecule has 0 N–H and O–H groups in total. The Morgan fingerprint density at radius 2 is 2.42 bits per heavy atom. The quantitative estimate of drug-likeness (QED) is 0.799. The lowest BCUT2D eigenvalue weighted by Gasteiger charge is -2.32. The number of carbonyl (C=O) groups is 1. The Labute approximate surface area is 122 Å². The minimum atomic E-state index is 0.0461. The molecule has 0 spiro atoms. The van der Waals surface area contributed by atoms with Crippen molar-refractivity contribution in [1.29, 1.82) is 0 Å². The molecule has 104 valence electrons. The fourth-order valence-corrected chi connectivity index (χ4v) is 2.46. The minimum absolute atomic E-state index is 0.0461. The summed E-state index contributed by atoms with van der Waals surface area (Å²) in [6, 6.07) is 3.60. The van der Waals surface area contributed by atoms with Crippen molar-refractivity contribution < 1.29 is 9.53 Å². The van der Waals surface area contributed by atoms with Gasteiger partial charge in [-0.25, -0.2) is 4.98 Å². The molecule has 1 amide bonds. The van der Waals surface area contributed by atoms with Crippen LogP contribution in [0.25, 0.3) is 0 Å². The van der Waals surface area contributed by atoms with Crippen LogP contribution < -0.4 is 0 Å². The second-order valence-electron chi connectivity index (χ2n) is 4.76. The van der Waals surface area contributed by atoms with Crippen LogP contribution in [0.5, 0.6) is 0 Å². The molecule has 0 aliphatic carbocycles. The van der Waals surface area contributed by atoms with E-state index in [1.807, 2.05) is 4.90 Å². The standard InChI is InChI=1S/C14H19BrN2O2/c1-2-8-19-12-4-3-7-17(10-12)14(18)11-5-6-13(15)16-9-11/h5-6,9,12H,2-4,7-8,10H2,1H3. The molecular weight excluding hydrogens is 308 g/mol. The fourth-order valence-electron chi connectivity index (χ4n) is 2.23. The molecule has 1 aliphatic rings. The van der Waals surface area contributed by atoms with Gasteiger partial charge in [-0.1, -0.05) is 6.92 Å². The molecule has 2 rings (SSSR count). The molecule has 1 aromatic heterocycles. The molecule has 1 unspecified atom stereocenters. The van der Waals surface area contributed by atoms with Crippen molar-refractivity contribution in [3.63, 3.8) is 0 Å². The highest BCUT2D eigenvalue weighted by Crippen LogP contribution is 2.16. The van der Waals surface area contributed by atoms with Gasteiger partial charge < -0.3 is 9.64 Å². The van der Waals surface area contributed by atoms with Crippen LogP contribution in [0.3, 0.4) is 0 Å². The van der Waals surface area contributed by atoms with Crippen LogP contribution in [0.4, 0.5) is 0 Å². The summed E-state index contributed by atoms with van der Waals surface area (Å²) < 4.78 is 6.49. The third-order valence-corrected chi connectivity index (χ3v) is 3.67. The predicted molar refractivity (Wildman–Crippen MR) is 77.1 cm³/mol. The van der Waals surface area contributed by atoms with Crippen molar-refractivity contribution in [2.45, 2.75) is 32.3 Å². The van der Waals surface area contributed by atoms with E-state index in [0.717, 1.165) is 37.0 Å². The third-order valence-electron chi connectivity index (χ3n) is 3.20. The molecule has 0 aromatic carbocycles. The molecule has 1 aliphatic heterocycles. The average Bonchev–Trinajstić information content (AvgIpc) is 2.45. The Morgan fingerprint density at radius 3 is 3.11 bits per heavy atom. The summed E-state index contributed by atoms with van der Waals surface area (Å²) in [6.45, 7) is 4.36. The molecule has 4 nitrogen and oxygen atoms in total. The number of likely N-dealkylation sites (tertiary alicyclic amines) is 1. The first-order valence-corrected chi connectivity index (χ1v) is 7.52. The van der Waals surface area contributed by atoms with Crippen molar-refractivity contribution in [3.8, 4) is 0 Å². The Morgan fingerprint density at radius 1 is 1.58 bits per heavy atom. The highest BCUT2D eigenvalue weighted by molar-refractivity contribution is 9.10. The van der Waals surface area contributed by atoms with Gasteiger partial charge in [-0.2, -0.15) is 0 Å². The summed E-state index contributed by atoms with van der Waals surface area (Å²) in [5.74, 6) is 0.0461. The number of hydrogen-bond donors (Lipinski definition) is 0. The summed E-state index contributed by atoms with van der Waals surface area (Å²) in [4.78, 5) is 18.3. The number of nitrogens with zero attached hydrogens (tertiary/aromatic N) is 2. The fraction of sp³-hybridized carbons (Fsp3) is 0.571. The summed E-state index contributed by atoms with van der Waals surface area (Å²) in [6.07, 6.45) is 4.86. The molecule has 1 aromatic rings. The number of carbonyl (C=O) groups excluding carboxylic acids is 1. The molecule has 0 saturated carbocycles. The molecule has 1 fully saturated rings. The Balaban J connectivity index is 1.96. The maximum Gasteiger partial charge on any atom is 0.255 e. The van der Waals surface area contributed by atoms with E-state index in [0.29, 0.717) is 12.1 Å². The number of amides is 1. The highest BCUT2D eigenvalue weighted by Gasteiger charge is 2.24. The zero-order valence-electron chi connectivity index (χ0n) is 11.1. The summed E-state index contributed by atoms with van der Waals surface area (Å²) >= 11 is 3.27. The molecule has 1 atom stereocenters. The van der Waals surface area contributed by atoms with Crippen LogP contribution >= 0.6 is 15.9 Å². The van der Waals surface area contributed by atoms with Crippen LogP contribution in [-0.4, -0.2) is 41.6 Å². The number of piperidine rings is 1. The molecule has 19 heavy (non-hydrogen) atoms. The summed E-state index contributed by atoms with van der Waals surface area (Å²) in [7, 11) is 0. The lowest BCUT2D eigenvalue weighted by molar-refractivity contribution is 0.00210. The van der Waals surface area contributed by atoms with E-state index < -0.39 is 0 Å². The summed E-state index contributed by atoms with van der Waals surface area (Å²) in [5, 5.41) is 0. The van der Waals surface area contributed by atoms with Crippen molar-refractivity contribution >= 4 is 21.8 Å². The van der Waals surface area contributed by atoms with E-state index in [1.54, 1.807) is 18.3 Å². The number of hydrogen-bond acceptors (Lipinski definition) is 3. The SMILES string of the molecule is CCCOC1CCCN(C(=O)c2ccc(Br)nc2)C1. The smallest absolute Gasteiger partial charge is 0.255 e. The number of rotatable bonds is 4. The van der Waals surface area contributed by atoms with Crippen LogP contribution in [0, 0.1) is 0 Å². The number of aromatic nitrogens is 1. The van der Waals surface area contributed by atoms with E-state index in [4.69, 9.17) is 4.74 Å². The van der Waals surface area contributed by atoms with Crippen molar-refractivity contribution in [3.05, 3.63) is 28.5 Å². The topological polar surface area (TPSA) is 42.4 Å². The third kappa shape index (κ3) is 4.01. The Hall–Kier alpha value is -0.940. The van der Waals surface area contributed by atoms with Crippen molar-refractivity contribution in [2.75, 3.05) is 19.7 Å². The largest absolute Gasteiger partial charge is 0.376 e. The first-order valence-electron chi connectivity index (χ1n) is 6.73. The Bertz CT molecular complexity index is 422. The second-order valence-corrected chi connectivity index (χ2v) is 5.57. The lowest BCUT2D eigenvalue weighted by Crippen LogP contribution is -2.43. The van der Waals surface area contributed by atoms with Gasteiger partial charge in [-0.15, -0.1) is 0 Å². The number of halogens is 1. The molecule has 1 saturated heterocycles. The van der Waals surface area contributed by atoms with E-state index in [9.17, 15) is 4.79 Å². The van der Waals surface area contributed by atoms with Crippen LogP contribution in [0.1, 0.15) is 36.5 Å². The van der Waals surface area contributed by atoms with Crippen LogP contribution in [-0.2, 0) is 4.74 Å². The van der Waals surface area contributed by atoms with E-state index >= 15 is 0 Å². The first-order chi connectivity index (χ1) is 9.20. The van der Waals surface area contributed by atoms with Crippen LogP contribution in [0.2, 0.25) is 0 Å². The zero-order valence-corrected chi connectivity index (χ0v) is 12.7. The maximum atomic E-state index is 12.3. The zero-order chi connectivity index (χ0) is 13.7.